The normalized spacial score (nSPS) is 14.4. The zero-order valence-corrected chi connectivity index (χ0v) is 15.9. The van der Waals surface area contributed by atoms with Gasteiger partial charge in [-0.1, -0.05) is 18.2 Å². The van der Waals surface area contributed by atoms with E-state index in [0.29, 0.717) is 28.2 Å². The molecular weight excluding hydrogens is 378 g/mol. The number of fused-ring (bicyclic) bond motifs is 2. The predicted molar refractivity (Wildman–Crippen MR) is 104 cm³/mol. The molecule has 1 aromatic heterocycles. The van der Waals surface area contributed by atoms with Crippen molar-refractivity contribution in [2.24, 2.45) is 0 Å². The molecule has 0 bridgehead atoms. The second-order valence-corrected chi connectivity index (χ2v) is 6.85. The molecule has 1 amide bonds. The summed E-state index contributed by atoms with van der Waals surface area (Å²) in [7, 11) is 1.47. The van der Waals surface area contributed by atoms with Crippen LogP contribution in [-0.4, -0.2) is 31.5 Å². The van der Waals surface area contributed by atoms with Crippen LogP contribution in [0.5, 0.6) is 17.2 Å². The number of benzene rings is 2. The van der Waals surface area contributed by atoms with Gasteiger partial charge in [0, 0.05) is 5.39 Å². The van der Waals surface area contributed by atoms with Gasteiger partial charge < -0.3 is 29.1 Å². The first-order valence-electron chi connectivity index (χ1n) is 8.90. The first-order valence-corrected chi connectivity index (χ1v) is 8.90. The fourth-order valence-electron chi connectivity index (χ4n) is 3.12. The number of carbonyl (C=O) groups is 1. The Morgan fingerprint density at radius 3 is 2.79 bits per heavy atom. The van der Waals surface area contributed by atoms with Gasteiger partial charge in [0.2, 0.25) is 6.79 Å². The first kappa shape index (κ1) is 18.8. The summed E-state index contributed by atoms with van der Waals surface area (Å²) < 4.78 is 21.0. The molecule has 0 fully saturated rings. The third kappa shape index (κ3) is 3.50. The smallest absolute Gasteiger partial charge is 0.349 e. The highest BCUT2D eigenvalue weighted by atomic mass is 16.7. The molecule has 2 aromatic carbocycles. The van der Waals surface area contributed by atoms with Gasteiger partial charge in [-0.25, -0.2) is 4.79 Å². The Morgan fingerprint density at radius 1 is 1.21 bits per heavy atom. The number of carbonyl (C=O) groups excluding carboxylic acids is 1. The lowest BCUT2D eigenvalue weighted by atomic mass is 9.95. The molecule has 2 heterocycles. The Balaban J connectivity index is 1.55. The van der Waals surface area contributed by atoms with E-state index in [4.69, 9.17) is 18.6 Å². The van der Waals surface area contributed by atoms with E-state index >= 15 is 0 Å². The third-order valence-corrected chi connectivity index (χ3v) is 4.78. The van der Waals surface area contributed by atoms with Crippen LogP contribution in [0.1, 0.15) is 22.8 Å². The second kappa shape index (κ2) is 7.14. The highest BCUT2D eigenvalue weighted by Crippen LogP contribution is 2.35. The van der Waals surface area contributed by atoms with Crippen molar-refractivity contribution in [3.05, 3.63) is 64.0 Å². The number of nitrogens with one attached hydrogen (secondary N) is 1. The van der Waals surface area contributed by atoms with Gasteiger partial charge in [-0.05, 0) is 36.8 Å². The van der Waals surface area contributed by atoms with Gasteiger partial charge in [0.25, 0.3) is 5.91 Å². The van der Waals surface area contributed by atoms with Crippen LogP contribution in [0.2, 0.25) is 0 Å². The molecule has 1 aliphatic heterocycles. The van der Waals surface area contributed by atoms with Crippen molar-refractivity contribution in [2.45, 2.75) is 12.5 Å². The molecule has 29 heavy (non-hydrogen) atoms. The second-order valence-electron chi connectivity index (χ2n) is 6.85. The summed E-state index contributed by atoms with van der Waals surface area (Å²) in [5, 5.41) is 13.9. The van der Waals surface area contributed by atoms with Gasteiger partial charge in [0.1, 0.15) is 11.2 Å². The lowest BCUT2D eigenvalue weighted by Gasteiger charge is -2.24. The SMILES string of the molecule is COc1cccc2cc(C(=O)NCC(C)(O)c3ccc4c(c3)OCO4)c(=O)oc12. The molecule has 2 N–H and O–H groups in total. The minimum atomic E-state index is -1.39. The van der Waals surface area contributed by atoms with Crippen molar-refractivity contribution in [3.8, 4) is 17.2 Å². The third-order valence-electron chi connectivity index (χ3n) is 4.78. The van der Waals surface area contributed by atoms with Crippen LogP contribution in [0.3, 0.4) is 0 Å². The zero-order valence-electron chi connectivity index (χ0n) is 15.9. The highest BCUT2D eigenvalue weighted by molar-refractivity contribution is 5.97. The quantitative estimate of drug-likeness (QED) is 0.636. The van der Waals surface area contributed by atoms with Gasteiger partial charge in [0.05, 0.1) is 13.7 Å². The van der Waals surface area contributed by atoms with Crippen LogP contribution >= 0.6 is 0 Å². The minimum absolute atomic E-state index is 0.124. The largest absolute Gasteiger partial charge is 0.493 e. The molecule has 0 spiro atoms. The number of hydrogen-bond donors (Lipinski definition) is 2. The number of methoxy groups -OCH3 is 1. The topological polar surface area (TPSA) is 107 Å². The van der Waals surface area contributed by atoms with Crippen molar-refractivity contribution in [1.82, 2.24) is 5.32 Å². The van der Waals surface area contributed by atoms with Gasteiger partial charge in [0.15, 0.2) is 22.8 Å². The van der Waals surface area contributed by atoms with Crippen molar-refractivity contribution < 1.29 is 28.5 Å². The van der Waals surface area contributed by atoms with E-state index in [0.717, 1.165) is 0 Å². The molecule has 8 heteroatoms. The number of rotatable bonds is 5. The van der Waals surface area contributed by atoms with Crippen molar-refractivity contribution >= 4 is 16.9 Å². The molecule has 0 saturated carbocycles. The molecule has 8 nitrogen and oxygen atoms in total. The number of hydrogen-bond acceptors (Lipinski definition) is 7. The fraction of sp³-hybridized carbons (Fsp3) is 0.238. The summed E-state index contributed by atoms with van der Waals surface area (Å²) in [5.74, 6) is 0.873. The molecule has 3 aromatic rings. The molecule has 150 valence electrons. The van der Waals surface area contributed by atoms with Gasteiger partial charge >= 0.3 is 5.63 Å². The van der Waals surface area contributed by atoms with E-state index in [1.165, 1.54) is 13.2 Å². The average Bonchev–Trinajstić information content (AvgIpc) is 3.19. The first-order chi connectivity index (χ1) is 13.9. The average molecular weight is 397 g/mol. The standard InChI is InChI=1S/C21H19NO7/c1-21(25,13-6-7-15-17(9-13)28-11-27-15)10-22-19(23)14-8-12-4-3-5-16(26-2)18(12)29-20(14)24/h3-9,25H,10-11H2,1-2H3,(H,22,23). The van der Waals surface area contributed by atoms with E-state index in [2.05, 4.69) is 5.32 Å². The summed E-state index contributed by atoms with van der Waals surface area (Å²) in [6, 6.07) is 11.6. The van der Waals surface area contributed by atoms with Crippen LogP contribution in [0.15, 0.2) is 51.7 Å². The zero-order chi connectivity index (χ0) is 20.6. The summed E-state index contributed by atoms with van der Waals surface area (Å²) in [5.41, 5.74) is -1.53. The van der Waals surface area contributed by atoms with E-state index < -0.39 is 17.1 Å². The monoisotopic (exact) mass is 397 g/mol. The van der Waals surface area contributed by atoms with Crippen LogP contribution in [0.25, 0.3) is 11.0 Å². The molecule has 0 radical (unpaired) electrons. The van der Waals surface area contributed by atoms with Crippen molar-refractivity contribution in [1.29, 1.82) is 0 Å². The Hall–Kier alpha value is -3.52. The van der Waals surface area contributed by atoms with Gasteiger partial charge in [-0.15, -0.1) is 0 Å². The molecule has 4 rings (SSSR count). The Kier molecular flexibility index (Phi) is 4.63. The molecule has 0 aliphatic carbocycles. The Bertz CT molecular complexity index is 1150. The van der Waals surface area contributed by atoms with Gasteiger partial charge in [-0.3, -0.25) is 4.79 Å². The van der Waals surface area contributed by atoms with Crippen LogP contribution in [0, 0.1) is 0 Å². The number of amides is 1. The highest BCUT2D eigenvalue weighted by Gasteiger charge is 2.27. The molecular formula is C21H19NO7. The van der Waals surface area contributed by atoms with E-state index in [-0.39, 0.29) is 24.5 Å². The molecule has 1 atom stereocenters. The summed E-state index contributed by atoms with van der Waals surface area (Å²) >= 11 is 0. The fourth-order valence-corrected chi connectivity index (χ4v) is 3.12. The maximum Gasteiger partial charge on any atom is 0.349 e. The van der Waals surface area contributed by atoms with Crippen LogP contribution in [0.4, 0.5) is 0 Å². The summed E-state index contributed by atoms with van der Waals surface area (Å²) in [6.07, 6.45) is 0. The number of ether oxygens (including phenoxy) is 3. The maximum absolute atomic E-state index is 12.6. The van der Waals surface area contributed by atoms with Crippen LogP contribution < -0.4 is 25.2 Å². The van der Waals surface area contributed by atoms with Gasteiger partial charge in [-0.2, -0.15) is 0 Å². The number of para-hydroxylation sites is 1. The Morgan fingerprint density at radius 2 is 2.00 bits per heavy atom. The minimum Gasteiger partial charge on any atom is -0.493 e. The lowest BCUT2D eigenvalue weighted by Crippen LogP contribution is -2.39. The summed E-state index contributed by atoms with van der Waals surface area (Å²) in [6.45, 7) is 1.56. The van der Waals surface area contributed by atoms with Crippen molar-refractivity contribution in [2.75, 3.05) is 20.4 Å². The van der Waals surface area contributed by atoms with E-state index in [9.17, 15) is 14.7 Å². The number of aliphatic hydroxyl groups is 1. The van der Waals surface area contributed by atoms with E-state index in [1.807, 2.05) is 0 Å². The molecule has 0 saturated heterocycles. The summed E-state index contributed by atoms with van der Waals surface area (Å²) in [4.78, 5) is 24.9. The predicted octanol–water partition coefficient (Wildman–Crippen LogP) is 2.17. The lowest BCUT2D eigenvalue weighted by molar-refractivity contribution is 0.0523. The van der Waals surface area contributed by atoms with Crippen LogP contribution in [-0.2, 0) is 5.60 Å². The Labute approximate surface area is 165 Å². The molecule has 1 unspecified atom stereocenters. The van der Waals surface area contributed by atoms with Crippen molar-refractivity contribution in [3.63, 3.8) is 0 Å². The molecule has 1 aliphatic rings. The maximum atomic E-state index is 12.6. The van der Waals surface area contributed by atoms with E-state index in [1.54, 1.807) is 43.3 Å².